The summed E-state index contributed by atoms with van der Waals surface area (Å²) >= 11 is 6.83. The summed E-state index contributed by atoms with van der Waals surface area (Å²) < 4.78 is 12.0. The largest absolute Gasteiger partial charge is 0.497 e. The lowest BCUT2D eigenvalue weighted by Crippen LogP contribution is -2.28. The van der Waals surface area contributed by atoms with Crippen molar-refractivity contribution in [3.8, 4) is 11.5 Å². The fourth-order valence-corrected chi connectivity index (χ4v) is 6.12. The van der Waals surface area contributed by atoms with E-state index >= 15 is 0 Å². The van der Waals surface area contributed by atoms with Gasteiger partial charge < -0.3 is 9.47 Å². The van der Waals surface area contributed by atoms with Gasteiger partial charge in [0, 0.05) is 10.0 Å². The number of allylic oxidation sites excluding steroid dienone is 2. The van der Waals surface area contributed by atoms with E-state index in [1.54, 1.807) is 43.5 Å². The van der Waals surface area contributed by atoms with Gasteiger partial charge in [-0.25, -0.2) is 4.79 Å². The van der Waals surface area contributed by atoms with Gasteiger partial charge in [-0.05, 0) is 70.6 Å². The number of methoxy groups -OCH3 is 1. The fraction of sp³-hybridized carbons (Fsp3) is 0.250. The molecule has 1 heterocycles. The first kappa shape index (κ1) is 22.0. The summed E-state index contributed by atoms with van der Waals surface area (Å²) in [6.45, 7) is 0. The van der Waals surface area contributed by atoms with Gasteiger partial charge >= 0.3 is 5.97 Å². The molecule has 2 amide bonds. The van der Waals surface area contributed by atoms with Crippen LogP contribution in [0, 0.1) is 23.7 Å². The van der Waals surface area contributed by atoms with E-state index in [-0.39, 0.29) is 41.2 Å². The second kappa shape index (κ2) is 8.53. The Bertz CT molecular complexity index is 1190. The highest BCUT2D eigenvalue weighted by molar-refractivity contribution is 9.11. The molecule has 7 nitrogen and oxygen atoms in total. The number of carbonyl (C=O) groups is 3. The van der Waals surface area contributed by atoms with Crippen LogP contribution in [0.5, 0.6) is 11.5 Å². The van der Waals surface area contributed by atoms with Crippen LogP contribution < -0.4 is 9.47 Å². The molecule has 1 saturated heterocycles. The average Bonchev–Trinajstić information content (AvgIpc) is 3.48. The van der Waals surface area contributed by atoms with Crippen molar-refractivity contribution in [3.63, 3.8) is 0 Å². The number of nitrogens with zero attached hydrogens (tertiary/aromatic N) is 2. The maximum absolute atomic E-state index is 12.9. The molecule has 5 rings (SSSR count). The van der Waals surface area contributed by atoms with Crippen LogP contribution in [0.3, 0.4) is 0 Å². The summed E-state index contributed by atoms with van der Waals surface area (Å²) in [6, 6.07) is 9.96. The summed E-state index contributed by atoms with van der Waals surface area (Å²) in [5.74, 6) is -0.706. The number of benzene rings is 2. The van der Waals surface area contributed by atoms with Gasteiger partial charge in [-0.15, -0.1) is 0 Å². The third-order valence-corrected chi connectivity index (χ3v) is 7.36. The molecule has 0 spiro atoms. The molecule has 4 atom stereocenters. The Hall–Kier alpha value is -2.78. The van der Waals surface area contributed by atoms with Gasteiger partial charge in [-0.2, -0.15) is 10.1 Å². The quantitative estimate of drug-likeness (QED) is 0.172. The number of hydrogen-bond donors (Lipinski definition) is 0. The van der Waals surface area contributed by atoms with Gasteiger partial charge in [0.2, 0.25) is 0 Å². The van der Waals surface area contributed by atoms with E-state index in [1.165, 1.54) is 6.21 Å². The number of hydrogen-bond acceptors (Lipinski definition) is 6. The molecule has 1 saturated carbocycles. The molecule has 2 bridgehead atoms. The standard InChI is InChI=1S/C24H18Br2N2O5/c1-32-17-6-4-12(5-7-17)24(31)33-21-15(9-16(25)10-18(21)26)11-27-28-22(29)19-13-2-3-14(8-13)20(19)23(28)30/h2-7,9-11,13-14,19-20H,8H2,1H3/t13-,14-,19-,20+/m0/s1. The van der Waals surface area contributed by atoms with Crippen molar-refractivity contribution in [3.05, 3.63) is 68.6 Å². The average molecular weight is 574 g/mol. The lowest BCUT2D eigenvalue weighted by Gasteiger charge is -2.13. The minimum absolute atomic E-state index is 0.109. The zero-order valence-electron chi connectivity index (χ0n) is 17.4. The summed E-state index contributed by atoms with van der Waals surface area (Å²) in [7, 11) is 1.54. The molecule has 0 N–H and O–H groups in total. The maximum atomic E-state index is 12.9. The van der Waals surface area contributed by atoms with Crippen molar-refractivity contribution in [2.24, 2.45) is 28.8 Å². The van der Waals surface area contributed by atoms with Crippen LogP contribution in [0.4, 0.5) is 0 Å². The highest BCUT2D eigenvalue weighted by Gasteiger charge is 2.59. The SMILES string of the molecule is COc1ccc(C(=O)Oc2c(Br)cc(Br)cc2C=NN2C(=O)[C@@H]3[C@H](C2=O)[C@H]2C=C[C@H]3C2)cc1. The van der Waals surface area contributed by atoms with E-state index in [2.05, 4.69) is 37.0 Å². The van der Waals surface area contributed by atoms with Crippen LogP contribution in [0.15, 0.2) is 62.6 Å². The van der Waals surface area contributed by atoms with E-state index in [9.17, 15) is 14.4 Å². The fourth-order valence-electron chi connectivity index (χ4n) is 4.78. The number of carbonyl (C=O) groups excluding carboxylic acids is 3. The first-order valence-corrected chi connectivity index (χ1v) is 11.9. The van der Waals surface area contributed by atoms with Crippen LogP contribution in [-0.2, 0) is 9.59 Å². The molecule has 3 aliphatic rings. The van der Waals surface area contributed by atoms with E-state index in [1.807, 2.05) is 12.2 Å². The van der Waals surface area contributed by atoms with Crippen molar-refractivity contribution in [2.45, 2.75) is 6.42 Å². The van der Waals surface area contributed by atoms with E-state index in [4.69, 9.17) is 9.47 Å². The summed E-state index contributed by atoms with van der Waals surface area (Å²) in [6.07, 6.45) is 6.30. The molecule has 2 aromatic carbocycles. The monoisotopic (exact) mass is 572 g/mol. The Labute approximate surface area is 206 Å². The van der Waals surface area contributed by atoms with Crippen LogP contribution in [-0.4, -0.2) is 36.1 Å². The van der Waals surface area contributed by atoms with Gasteiger partial charge in [0.25, 0.3) is 11.8 Å². The summed E-state index contributed by atoms with van der Waals surface area (Å²) in [5.41, 5.74) is 0.770. The minimum atomic E-state index is -0.569. The minimum Gasteiger partial charge on any atom is -0.497 e. The zero-order chi connectivity index (χ0) is 23.3. The second-order valence-corrected chi connectivity index (χ2v) is 9.93. The van der Waals surface area contributed by atoms with Crippen molar-refractivity contribution >= 4 is 55.9 Å². The number of imide groups is 1. The Morgan fingerprint density at radius 1 is 1.06 bits per heavy atom. The molecule has 2 aromatic rings. The molecule has 0 unspecified atom stereocenters. The first-order chi connectivity index (χ1) is 15.9. The first-order valence-electron chi connectivity index (χ1n) is 10.3. The molecule has 0 aromatic heterocycles. The number of rotatable bonds is 5. The van der Waals surface area contributed by atoms with Crippen molar-refractivity contribution in [2.75, 3.05) is 7.11 Å². The highest BCUT2D eigenvalue weighted by Crippen LogP contribution is 2.52. The molecule has 2 aliphatic carbocycles. The lowest BCUT2D eigenvalue weighted by atomic mass is 9.85. The molecule has 1 aliphatic heterocycles. The molecule has 33 heavy (non-hydrogen) atoms. The predicted octanol–water partition coefficient (Wildman–Crippen LogP) is 4.58. The maximum Gasteiger partial charge on any atom is 0.343 e. The Morgan fingerprint density at radius 2 is 1.70 bits per heavy atom. The van der Waals surface area contributed by atoms with Gasteiger partial charge in [-0.1, -0.05) is 28.1 Å². The topological polar surface area (TPSA) is 85.3 Å². The number of ether oxygens (including phenoxy) is 2. The zero-order valence-corrected chi connectivity index (χ0v) is 20.6. The number of hydrazone groups is 1. The number of fused-ring (bicyclic) bond motifs is 5. The lowest BCUT2D eigenvalue weighted by molar-refractivity contribution is -0.140. The second-order valence-electron chi connectivity index (χ2n) is 8.16. The van der Waals surface area contributed by atoms with Gasteiger partial charge in [0.15, 0.2) is 5.75 Å². The third-order valence-electron chi connectivity index (χ3n) is 6.32. The van der Waals surface area contributed by atoms with E-state index in [0.29, 0.717) is 25.8 Å². The van der Waals surface area contributed by atoms with E-state index < -0.39 is 5.97 Å². The molecular formula is C24H18Br2N2O5. The van der Waals surface area contributed by atoms with Crippen molar-refractivity contribution in [1.29, 1.82) is 0 Å². The van der Waals surface area contributed by atoms with Crippen LogP contribution in [0.1, 0.15) is 22.3 Å². The molecular weight excluding hydrogens is 556 g/mol. The molecule has 0 radical (unpaired) electrons. The number of amides is 2. The summed E-state index contributed by atoms with van der Waals surface area (Å²) in [5, 5.41) is 5.18. The van der Waals surface area contributed by atoms with Crippen LogP contribution in [0.2, 0.25) is 0 Å². The predicted molar refractivity (Wildman–Crippen MR) is 127 cm³/mol. The van der Waals surface area contributed by atoms with Gasteiger partial charge in [-0.3, -0.25) is 9.59 Å². The van der Waals surface area contributed by atoms with Crippen LogP contribution >= 0.6 is 31.9 Å². The van der Waals surface area contributed by atoms with Crippen LogP contribution in [0.25, 0.3) is 0 Å². The van der Waals surface area contributed by atoms with Gasteiger partial charge in [0.05, 0.1) is 35.2 Å². The smallest absolute Gasteiger partial charge is 0.343 e. The normalized spacial score (nSPS) is 25.2. The number of esters is 1. The Kier molecular flexibility index (Phi) is 5.70. The van der Waals surface area contributed by atoms with Crippen molar-refractivity contribution < 1.29 is 23.9 Å². The molecule has 168 valence electrons. The van der Waals surface area contributed by atoms with Crippen molar-refractivity contribution in [1.82, 2.24) is 5.01 Å². The number of halogens is 2. The van der Waals surface area contributed by atoms with Gasteiger partial charge in [0.1, 0.15) is 5.75 Å². The highest BCUT2D eigenvalue weighted by atomic mass is 79.9. The Balaban J connectivity index is 1.41. The Morgan fingerprint density at radius 3 is 2.30 bits per heavy atom. The summed E-state index contributed by atoms with van der Waals surface area (Å²) in [4.78, 5) is 38.5. The third kappa shape index (κ3) is 3.83. The molecule has 9 heteroatoms. The van der Waals surface area contributed by atoms with E-state index in [0.717, 1.165) is 11.4 Å². The molecule has 2 fully saturated rings.